The molecule has 0 saturated heterocycles. The molecule has 5 heteroatoms. The van der Waals surface area contributed by atoms with E-state index in [9.17, 15) is 13.2 Å². The normalized spacial score (nSPS) is 12.5. The second kappa shape index (κ2) is 2.80. The van der Waals surface area contributed by atoms with E-state index in [-0.39, 0.29) is 6.04 Å². The van der Waals surface area contributed by atoms with E-state index in [4.69, 9.17) is 0 Å². The Balaban J connectivity index is 3.08. The summed E-state index contributed by atoms with van der Waals surface area (Å²) in [6.45, 7) is 3.36. The van der Waals surface area contributed by atoms with Gasteiger partial charge in [-0.15, -0.1) is 0 Å². The molecular formula is C7H9F3N2. The molecule has 1 rings (SSSR count). The van der Waals surface area contributed by atoms with Crippen LogP contribution in [0.4, 0.5) is 13.2 Å². The van der Waals surface area contributed by atoms with Crippen molar-refractivity contribution in [1.82, 2.24) is 9.55 Å². The molecule has 0 fully saturated rings. The minimum atomic E-state index is -4.30. The molecule has 1 aromatic heterocycles. The zero-order chi connectivity index (χ0) is 9.35. The van der Waals surface area contributed by atoms with Gasteiger partial charge in [0, 0.05) is 6.04 Å². The minimum absolute atomic E-state index is 0.218. The molecule has 12 heavy (non-hydrogen) atoms. The molecule has 0 amide bonds. The Hall–Kier alpha value is -1.00. The monoisotopic (exact) mass is 178 g/mol. The summed E-state index contributed by atoms with van der Waals surface area (Å²) in [6.07, 6.45) is -2.28. The molecule has 0 bridgehead atoms. The third-order valence-electron chi connectivity index (χ3n) is 1.51. The van der Waals surface area contributed by atoms with Crippen molar-refractivity contribution in [3.63, 3.8) is 0 Å². The molecule has 0 aliphatic rings. The number of alkyl halides is 3. The van der Waals surface area contributed by atoms with E-state index < -0.39 is 11.9 Å². The molecular weight excluding hydrogens is 169 g/mol. The fourth-order valence-electron chi connectivity index (χ4n) is 0.936. The third-order valence-corrected chi connectivity index (χ3v) is 1.51. The Labute approximate surface area is 68.0 Å². The van der Waals surface area contributed by atoms with Gasteiger partial charge in [0.25, 0.3) is 0 Å². The van der Waals surface area contributed by atoms with Crippen LogP contribution in [0.15, 0.2) is 12.5 Å². The lowest BCUT2D eigenvalue weighted by molar-refractivity contribution is -0.144. The van der Waals surface area contributed by atoms with Crippen molar-refractivity contribution in [1.29, 1.82) is 0 Å². The number of rotatable bonds is 1. The van der Waals surface area contributed by atoms with Crippen LogP contribution in [0.5, 0.6) is 0 Å². The highest BCUT2D eigenvalue weighted by Gasteiger charge is 2.34. The predicted molar refractivity (Wildman–Crippen MR) is 37.6 cm³/mol. The smallest absolute Gasteiger partial charge is 0.325 e. The average molecular weight is 178 g/mol. The summed E-state index contributed by atoms with van der Waals surface area (Å²) in [5.41, 5.74) is -0.697. The van der Waals surface area contributed by atoms with Gasteiger partial charge in [0.05, 0.1) is 12.5 Å². The highest BCUT2D eigenvalue weighted by Crippen LogP contribution is 2.30. The maximum atomic E-state index is 12.2. The molecule has 0 radical (unpaired) electrons. The Kier molecular flexibility index (Phi) is 2.12. The summed E-state index contributed by atoms with van der Waals surface area (Å²) >= 11 is 0. The summed E-state index contributed by atoms with van der Waals surface area (Å²) in [5.74, 6) is 0. The highest BCUT2D eigenvalue weighted by molar-refractivity contribution is 5.04. The van der Waals surface area contributed by atoms with Crippen molar-refractivity contribution in [3.05, 3.63) is 18.2 Å². The molecule has 0 aliphatic heterocycles. The van der Waals surface area contributed by atoms with Gasteiger partial charge in [-0.25, -0.2) is 4.98 Å². The second-order valence-corrected chi connectivity index (χ2v) is 2.78. The first-order valence-corrected chi connectivity index (χ1v) is 3.52. The first-order valence-electron chi connectivity index (χ1n) is 3.52. The SMILES string of the molecule is CC(C)n1cncc1C(F)(F)F. The number of halogens is 3. The van der Waals surface area contributed by atoms with Gasteiger partial charge in [0.2, 0.25) is 0 Å². The van der Waals surface area contributed by atoms with Crippen molar-refractivity contribution in [2.75, 3.05) is 0 Å². The van der Waals surface area contributed by atoms with Gasteiger partial charge in [-0.2, -0.15) is 13.2 Å². The molecule has 0 aliphatic carbocycles. The Morgan fingerprint density at radius 2 is 2.00 bits per heavy atom. The van der Waals surface area contributed by atoms with Gasteiger partial charge in [0.1, 0.15) is 5.69 Å². The van der Waals surface area contributed by atoms with Crippen LogP contribution in [-0.4, -0.2) is 9.55 Å². The fourth-order valence-corrected chi connectivity index (χ4v) is 0.936. The van der Waals surface area contributed by atoms with Gasteiger partial charge in [-0.05, 0) is 13.8 Å². The lowest BCUT2D eigenvalue weighted by atomic mass is 10.3. The van der Waals surface area contributed by atoms with Crippen LogP contribution in [-0.2, 0) is 6.18 Å². The Bertz CT molecular complexity index is 262. The van der Waals surface area contributed by atoms with E-state index in [2.05, 4.69) is 4.98 Å². The van der Waals surface area contributed by atoms with Gasteiger partial charge in [-0.1, -0.05) is 0 Å². The molecule has 0 aromatic carbocycles. The molecule has 0 atom stereocenters. The van der Waals surface area contributed by atoms with Gasteiger partial charge < -0.3 is 4.57 Å². The van der Waals surface area contributed by atoms with Crippen molar-refractivity contribution in [3.8, 4) is 0 Å². The largest absolute Gasteiger partial charge is 0.433 e. The first-order chi connectivity index (χ1) is 5.43. The molecule has 1 heterocycles. The maximum absolute atomic E-state index is 12.2. The summed E-state index contributed by atoms with van der Waals surface area (Å²) < 4.78 is 37.6. The van der Waals surface area contributed by atoms with E-state index >= 15 is 0 Å². The predicted octanol–water partition coefficient (Wildman–Crippen LogP) is 2.48. The van der Waals surface area contributed by atoms with E-state index in [1.165, 1.54) is 6.33 Å². The van der Waals surface area contributed by atoms with Crippen LogP contribution in [0.25, 0.3) is 0 Å². The fraction of sp³-hybridized carbons (Fsp3) is 0.571. The van der Waals surface area contributed by atoms with Crippen LogP contribution in [0.1, 0.15) is 25.6 Å². The van der Waals surface area contributed by atoms with E-state index in [0.29, 0.717) is 0 Å². The van der Waals surface area contributed by atoms with Crippen LogP contribution in [0.3, 0.4) is 0 Å². The van der Waals surface area contributed by atoms with Gasteiger partial charge in [0.15, 0.2) is 0 Å². The number of hydrogen-bond donors (Lipinski definition) is 0. The van der Waals surface area contributed by atoms with Gasteiger partial charge >= 0.3 is 6.18 Å². The van der Waals surface area contributed by atoms with Crippen LogP contribution in [0.2, 0.25) is 0 Å². The first kappa shape index (κ1) is 9.09. The highest BCUT2D eigenvalue weighted by atomic mass is 19.4. The molecule has 0 spiro atoms. The van der Waals surface area contributed by atoms with Gasteiger partial charge in [-0.3, -0.25) is 0 Å². The van der Waals surface area contributed by atoms with Crippen molar-refractivity contribution in [2.24, 2.45) is 0 Å². The summed E-state index contributed by atoms with van der Waals surface area (Å²) in [4.78, 5) is 3.45. The molecule has 0 N–H and O–H groups in total. The summed E-state index contributed by atoms with van der Waals surface area (Å²) in [6, 6.07) is -0.218. The zero-order valence-corrected chi connectivity index (χ0v) is 6.76. The molecule has 2 nitrogen and oxygen atoms in total. The minimum Gasteiger partial charge on any atom is -0.325 e. The van der Waals surface area contributed by atoms with E-state index in [1.807, 2.05) is 0 Å². The summed E-state index contributed by atoms with van der Waals surface area (Å²) in [7, 11) is 0. The van der Waals surface area contributed by atoms with Crippen molar-refractivity contribution < 1.29 is 13.2 Å². The summed E-state index contributed by atoms with van der Waals surface area (Å²) in [5, 5.41) is 0. The average Bonchev–Trinajstić information content (AvgIpc) is 2.30. The number of aromatic nitrogens is 2. The molecule has 68 valence electrons. The van der Waals surface area contributed by atoms with Crippen LogP contribution in [0, 0.1) is 0 Å². The number of hydrogen-bond acceptors (Lipinski definition) is 1. The molecule has 1 aromatic rings. The Morgan fingerprint density at radius 1 is 1.42 bits per heavy atom. The molecule has 0 unspecified atom stereocenters. The number of imidazole rings is 1. The Morgan fingerprint density at radius 3 is 2.33 bits per heavy atom. The van der Waals surface area contributed by atoms with Crippen LogP contribution < -0.4 is 0 Å². The maximum Gasteiger partial charge on any atom is 0.433 e. The quantitative estimate of drug-likeness (QED) is 0.646. The van der Waals surface area contributed by atoms with Crippen LogP contribution >= 0.6 is 0 Å². The van der Waals surface area contributed by atoms with Crippen molar-refractivity contribution in [2.45, 2.75) is 26.1 Å². The lowest BCUT2D eigenvalue weighted by Crippen LogP contribution is -2.14. The third kappa shape index (κ3) is 1.60. The van der Waals surface area contributed by atoms with E-state index in [0.717, 1.165) is 10.8 Å². The van der Waals surface area contributed by atoms with Crippen molar-refractivity contribution >= 4 is 0 Å². The molecule has 0 saturated carbocycles. The second-order valence-electron chi connectivity index (χ2n) is 2.78. The zero-order valence-electron chi connectivity index (χ0n) is 6.76. The topological polar surface area (TPSA) is 17.8 Å². The number of nitrogens with zero attached hydrogens (tertiary/aromatic N) is 2. The van der Waals surface area contributed by atoms with E-state index in [1.54, 1.807) is 13.8 Å². The lowest BCUT2D eigenvalue weighted by Gasteiger charge is -2.13. The standard InChI is InChI=1S/C7H9F3N2/c1-5(2)12-4-11-3-6(12)7(8,9)10/h3-5H,1-2H3.